The Kier molecular flexibility index (Phi) is 6.42. The van der Waals surface area contributed by atoms with Crippen molar-refractivity contribution in [3.63, 3.8) is 0 Å². The third-order valence-electron chi connectivity index (χ3n) is 1.18. The number of rotatable bonds is 3. The van der Waals surface area contributed by atoms with Gasteiger partial charge in [0.15, 0.2) is 0 Å². The standard InChI is InChI=1S/C10H14O/c1-3-5-6-7-9-10(11)8-4-2/h4,8H,3,5-6H2,1-2H3/b8-4+. The molecule has 1 nitrogen and oxygen atoms in total. The van der Waals surface area contributed by atoms with E-state index in [1.165, 1.54) is 6.08 Å². The summed E-state index contributed by atoms with van der Waals surface area (Å²) in [6.07, 6.45) is 6.23. The van der Waals surface area contributed by atoms with Gasteiger partial charge in [0.2, 0.25) is 5.78 Å². The van der Waals surface area contributed by atoms with E-state index in [2.05, 4.69) is 18.8 Å². The minimum atomic E-state index is -0.0939. The summed E-state index contributed by atoms with van der Waals surface area (Å²) in [6.45, 7) is 3.92. The third kappa shape index (κ3) is 6.86. The van der Waals surface area contributed by atoms with Crippen LogP contribution in [0.3, 0.4) is 0 Å². The number of allylic oxidation sites excluding steroid dienone is 2. The van der Waals surface area contributed by atoms with Gasteiger partial charge in [0, 0.05) is 6.42 Å². The van der Waals surface area contributed by atoms with E-state index in [-0.39, 0.29) is 5.78 Å². The van der Waals surface area contributed by atoms with E-state index in [1.807, 2.05) is 6.92 Å². The summed E-state index contributed by atoms with van der Waals surface area (Å²) < 4.78 is 0. The number of hydrogen-bond donors (Lipinski definition) is 0. The van der Waals surface area contributed by atoms with Crippen molar-refractivity contribution in [1.82, 2.24) is 0 Å². The van der Waals surface area contributed by atoms with Gasteiger partial charge in [0.1, 0.15) is 0 Å². The molecule has 1 heteroatoms. The average Bonchev–Trinajstić information content (AvgIpc) is 1.99. The van der Waals surface area contributed by atoms with Crippen LogP contribution in [-0.4, -0.2) is 5.78 Å². The molecule has 0 saturated carbocycles. The van der Waals surface area contributed by atoms with E-state index in [4.69, 9.17) is 0 Å². The Labute approximate surface area is 68.5 Å². The molecule has 60 valence electrons. The quantitative estimate of drug-likeness (QED) is 0.261. The first-order valence-corrected chi connectivity index (χ1v) is 3.96. The zero-order valence-corrected chi connectivity index (χ0v) is 7.18. The van der Waals surface area contributed by atoms with Gasteiger partial charge in [-0.2, -0.15) is 0 Å². The monoisotopic (exact) mass is 150 g/mol. The maximum atomic E-state index is 10.7. The van der Waals surface area contributed by atoms with Crippen LogP contribution in [0, 0.1) is 11.8 Å². The molecule has 0 fully saturated rings. The van der Waals surface area contributed by atoms with Crippen molar-refractivity contribution in [3.05, 3.63) is 12.2 Å². The molecule has 0 radical (unpaired) electrons. The van der Waals surface area contributed by atoms with Gasteiger partial charge in [-0.15, -0.1) is 0 Å². The highest BCUT2D eigenvalue weighted by atomic mass is 16.1. The Hall–Kier alpha value is -1.03. The minimum absolute atomic E-state index is 0.0939. The van der Waals surface area contributed by atoms with Gasteiger partial charge < -0.3 is 0 Å². The SMILES string of the molecule is C/C=C/C(=O)C#CCCCC. The lowest BCUT2D eigenvalue weighted by Crippen LogP contribution is -1.84. The number of ketones is 1. The van der Waals surface area contributed by atoms with Crippen LogP contribution in [0.4, 0.5) is 0 Å². The van der Waals surface area contributed by atoms with Crippen molar-refractivity contribution in [2.75, 3.05) is 0 Å². The van der Waals surface area contributed by atoms with Gasteiger partial charge in [0.25, 0.3) is 0 Å². The second-order valence-corrected chi connectivity index (χ2v) is 2.27. The Morgan fingerprint density at radius 3 is 2.82 bits per heavy atom. The molecule has 0 bridgehead atoms. The molecule has 0 aromatic carbocycles. The lowest BCUT2D eigenvalue weighted by molar-refractivity contribution is -0.109. The van der Waals surface area contributed by atoms with Gasteiger partial charge >= 0.3 is 0 Å². The maximum Gasteiger partial charge on any atom is 0.228 e. The van der Waals surface area contributed by atoms with Gasteiger partial charge in [-0.1, -0.05) is 25.3 Å². The summed E-state index contributed by atoms with van der Waals surface area (Å²) in [5, 5.41) is 0. The fourth-order valence-electron chi connectivity index (χ4n) is 0.608. The lowest BCUT2D eigenvalue weighted by atomic mass is 10.2. The molecule has 0 rings (SSSR count). The van der Waals surface area contributed by atoms with Crippen LogP contribution in [0.25, 0.3) is 0 Å². The molecular formula is C10H14O. The number of unbranched alkanes of at least 4 members (excludes halogenated alkanes) is 2. The summed E-state index contributed by atoms with van der Waals surface area (Å²) in [7, 11) is 0. The average molecular weight is 150 g/mol. The van der Waals surface area contributed by atoms with E-state index >= 15 is 0 Å². The maximum absolute atomic E-state index is 10.7. The highest BCUT2D eigenvalue weighted by Crippen LogP contribution is 1.90. The molecule has 0 amide bonds. The largest absolute Gasteiger partial charge is 0.280 e. The van der Waals surface area contributed by atoms with E-state index in [9.17, 15) is 4.79 Å². The van der Waals surface area contributed by atoms with E-state index in [0.717, 1.165) is 19.3 Å². The Balaban J connectivity index is 3.60. The van der Waals surface area contributed by atoms with Crippen molar-refractivity contribution in [2.45, 2.75) is 33.1 Å². The van der Waals surface area contributed by atoms with Crippen LogP contribution in [0.15, 0.2) is 12.2 Å². The summed E-state index contributed by atoms with van der Waals surface area (Å²) in [5.74, 6) is 5.27. The summed E-state index contributed by atoms with van der Waals surface area (Å²) >= 11 is 0. The second-order valence-electron chi connectivity index (χ2n) is 2.27. The first kappa shape index (κ1) is 9.97. The topological polar surface area (TPSA) is 17.1 Å². The summed E-state index contributed by atoms with van der Waals surface area (Å²) in [6, 6.07) is 0. The van der Waals surface area contributed by atoms with Gasteiger partial charge in [0.05, 0.1) is 0 Å². The Morgan fingerprint density at radius 1 is 1.55 bits per heavy atom. The second kappa shape index (κ2) is 7.08. The summed E-state index contributed by atoms with van der Waals surface area (Å²) in [4.78, 5) is 10.7. The molecule has 0 N–H and O–H groups in total. The number of carbonyl (C=O) groups excluding carboxylic acids is 1. The van der Waals surface area contributed by atoms with Crippen LogP contribution in [0.1, 0.15) is 33.1 Å². The molecular weight excluding hydrogens is 136 g/mol. The Bertz CT molecular complexity index is 191. The fraction of sp³-hybridized carbons (Fsp3) is 0.500. The van der Waals surface area contributed by atoms with Gasteiger partial charge in [-0.25, -0.2) is 0 Å². The molecule has 0 aromatic rings. The van der Waals surface area contributed by atoms with Crippen LogP contribution < -0.4 is 0 Å². The first-order valence-electron chi connectivity index (χ1n) is 3.96. The highest BCUT2D eigenvalue weighted by molar-refractivity contribution is 6.04. The normalized spacial score (nSPS) is 9.27. The molecule has 0 aliphatic heterocycles. The zero-order chi connectivity index (χ0) is 8.53. The highest BCUT2D eigenvalue weighted by Gasteiger charge is 1.83. The van der Waals surface area contributed by atoms with Crippen LogP contribution in [0.5, 0.6) is 0 Å². The molecule has 0 aromatic heterocycles. The van der Waals surface area contributed by atoms with Crippen molar-refractivity contribution in [3.8, 4) is 11.8 Å². The van der Waals surface area contributed by atoms with Crippen LogP contribution in [-0.2, 0) is 4.79 Å². The lowest BCUT2D eigenvalue weighted by Gasteiger charge is -1.82. The predicted octanol–water partition coefficient (Wildman–Crippen LogP) is 2.33. The fourth-order valence-corrected chi connectivity index (χ4v) is 0.608. The van der Waals surface area contributed by atoms with Crippen molar-refractivity contribution >= 4 is 5.78 Å². The first-order chi connectivity index (χ1) is 5.31. The molecule has 11 heavy (non-hydrogen) atoms. The van der Waals surface area contributed by atoms with E-state index < -0.39 is 0 Å². The summed E-state index contributed by atoms with van der Waals surface area (Å²) in [5.41, 5.74) is 0. The molecule has 0 atom stereocenters. The van der Waals surface area contributed by atoms with E-state index in [1.54, 1.807) is 6.08 Å². The molecule has 0 spiro atoms. The van der Waals surface area contributed by atoms with Crippen molar-refractivity contribution in [2.24, 2.45) is 0 Å². The zero-order valence-electron chi connectivity index (χ0n) is 7.18. The van der Waals surface area contributed by atoms with Gasteiger partial charge in [-0.05, 0) is 25.3 Å². The van der Waals surface area contributed by atoms with Crippen molar-refractivity contribution < 1.29 is 4.79 Å². The molecule has 0 aliphatic carbocycles. The molecule has 0 saturated heterocycles. The van der Waals surface area contributed by atoms with E-state index in [0.29, 0.717) is 0 Å². The Morgan fingerprint density at radius 2 is 2.27 bits per heavy atom. The number of hydrogen-bond acceptors (Lipinski definition) is 1. The minimum Gasteiger partial charge on any atom is -0.280 e. The van der Waals surface area contributed by atoms with Crippen LogP contribution in [0.2, 0.25) is 0 Å². The van der Waals surface area contributed by atoms with Crippen molar-refractivity contribution in [1.29, 1.82) is 0 Å². The smallest absolute Gasteiger partial charge is 0.228 e. The molecule has 0 aliphatic rings. The van der Waals surface area contributed by atoms with Crippen LogP contribution >= 0.6 is 0 Å². The molecule has 0 heterocycles. The third-order valence-corrected chi connectivity index (χ3v) is 1.18. The predicted molar refractivity (Wildman–Crippen MR) is 47.1 cm³/mol. The molecule has 0 unspecified atom stereocenters. The van der Waals surface area contributed by atoms with Gasteiger partial charge in [-0.3, -0.25) is 4.79 Å². The number of carbonyl (C=O) groups is 1.